The van der Waals surface area contributed by atoms with E-state index in [4.69, 9.17) is 4.74 Å². The van der Waals surface area contributed by atoms with E-state index in [1.165, 1.54) is 75.3 Å². The van der Waals surface area contributed by atoms with Crippen molar-refractivity contribution in [2.75, 3.05) is 7.11 Å². The molecule has 27 heavy (non-hydrogen) atoms. The smallest absolute Gasteiger partial charge is 0.0827 e. The van der Waals surface area contributed by atoms with Gasteiger partial charge >= 0.3 is 0 Å². The van der Waals surface area contributed by atoms with E-state index in [2.05, 4.69) is 24.3 Å². The molecule has 1 aromatic rings. The van der Waals surface area contributed by atoms with Crippen LogP contribution in [-0.2, 0) is 11.3 Å². The Kier molecular flexibility index (Phi) is 8.38. The summed E-state index contributed by atoms with van der Waals surface area (Å²) in [6, 6.07) is 9.08. The lowest BCUT2D eigenvalue weighted by molar-refractivity contribution is 0.185. The molecule has 2 aliphatic carbocycles. The molecule has 3 rings (SSSR count). The molecule has 0 spiro atoms. The Bertz CT molecular complexity index is 548. The van der Waals surface area contributed by atoms with Crippen LogP contribution in [0.3, 0.4) is 0 Å². The predicted molar refractivity (Wildman–Crippen MR) is 111 cm³/mol. The molecule has 150 valence electrons. The van der Waals surface area contributed by atoms with Crippen molar-refractivity contribution in [3.05, 3.63) is 47.8 Å². The minimum absolute atomic E-state index is 0.710. The third kappa shape index (κ3) is 6.45. The average molecular weight is 373 g/mol. The van der Waals surface area contributed by atoms with E-state index < -0.39 is 0 Å². The Labute approximate surface area is 165 Å². The van der Waals surface area contributed by atoms with Crippen molar-refractivity contribution in [2.24, 2.45) is 17.8 Å². The van der Waals surface area contributed by atoms with Gasteiger partial charge in [0.05, 0.1) is 12.9 Å². The summed E-state index contributed by atoms with van der Waals surface area (Å²) in [5.74, 6) is 3.37. The number of benzene rings is 1. The first kappa shape index (κ1) is 20.6. The van der Waals surface area contributed by atoms with Gasteiger partial charge in [0.15, 0.2) is 0 Å². The van der Waals surface area contributed by atoms with Crippen molar-refractivity contribution >= 4 is 0 Å². The molecular formula is C25H37FO. The van der Waals surface area contributed by atoms with E-state index in [1.54, 1.807) is 13.2 Å². The van der Waals surface area contributed by atoms with Gasteiger partial charge in [-0.15, -0.1) is 0 Å². The van der Waals surface area contributed by atoms with Gasteiger partial charge in [-0.3, -0.25) is 0 Å². The van der Waals surface area contributed by atoms with Crippen LogP contribution in [-0.4, -0.2) is 7.11 Å². The molecule has 0 saturated heterocycles. The van der Waals surface area contributed by atoms with Crippen molar-refractivity contribution in [3.63, 3.8) is 0 Å². The molecule has 1 nitrogen and oxygen atoms in total. The summed E-state index contributed by atoms with van der Waals surface area (Å²) in [5.41, 5.74) is 2.79. The van der Waals surface area contributed by atoms with Crippen LogP contribution in [0.5, 0.6) is 0 Å². The van der Waals surface area contributed by atoms with Crippen LogP contribution in [0.25, 0.3) is 0 Å². The van der Waals surface area contributed by atoms with Crippen LogP contribution in [0.1, 0.15) is 87.7 Å². The van der Waals surface area contributed by atoms with E-state index in [0.29, 0.717) is 6.61 Å². The Morgan fingerprint density at radius 1 is 0.852 bits per heavy atom. The van der Waals surface area contributed by atoms with Gasteiger partial charge in [0, 0.05) is 7.11 Å². The van der Waals surface area contributed by atoms with Gasteiger partial charge in [-0.05, 0) is 79.7 Å². The van der Waals surface area contributed by atoms with Gasteiger partial charge in [0.1, 0.15) is 0 Å². The molecule has 2 saturated carbocycles. The molecule has 0 atom stereocenters. The SMILES string of the molecule is COCc1ccc([C@H]2CC[C@H](CC[C@H]3CC[C@H](C/C=C/F)CC3)CC2)cc1. The Morgan fingerprint density at radius 3 is 1.96 bits per heavy atom. The molecule has 0 aliphatic heterocycles. The fraction of sp³-hybridized carbons (Fsp3) is 0.680. The molecule has 0 unspecified atom stereocenters. The maximum atomic E-state index is 12.2. The lowest BCUT2D eigenvalue weighted by atomic mass is 9.74. The molecule has 2 aliphatic rings. The second-order valence-electron chi connectivity index (χ2n) is 8.95. The van der Waals surface area contributed by atoms with Crippen molar-refractivity contribution in [1.29, 1.82) is 0 Å². The summed E-state index contributed by atoms with van der Waals surface area (Å²) in [6.45, 7) is 0.710. The molecule has 0 aromatic heterocycles. The van der Waals surface area contributed by atoms with E-state index in [0.717, 1.165) is 36.4 Å². The topological polar surface area (TPSA) is 9.23 Å². The summed E-state index contributed by atoms with van der Waals surface area (Å²) >= 11 is 0. The molecule has 1 aromatic carbocycles. The second kappa shape index (κ2) is 11.0. The fourth-order valence-corrected chi connectivity index (χ4v) is 5.31. The summed E-state index contributed by atoms with van der Waals surface area (Å²) in [6.07, 6.45) is 17.1. The van der Waals surface area contributed by atoms with Crippen LogP contribution < -0.4 is 0 Å². The van der Waals surface area contributed by atoms with E-state index in [1.807, 2.05) is 0 Å². The first-order chi connectivity index (χ1) is 13.3. The molecule has 0 bridgehead atoms. The van der Waals surface area contributed by atoms with Crippen molar-refractivity contribution in [2.45, 2.75) is 83.2 Å². The number of rotatable bonds is 8. The van der Waals surface area contributed by atoms with Crippen molar-refractivity contribution < 1.29 is 9.13 Å². The molecular weight excluding hydrogens is 335 g/mol. The van der Waals surface area contributed by atoms with Gasteiger partial charge in [0.25, 0.3) is 0 Å². The Morgan fingerprint density at radius 2 is 1.41 bits per heavy atom. The highest BCUT2D eigenvalue weighted by atomic mass is 19.1. The number of ether oxygens (including phenoxy) is 1. The number of methoxy groups -OCH3 is 1. The predicted octanol–water partition coefficient (Wildman–Crippen LogP) is 7.57. The van der Waals surface area contributed by atoms with Crippen LogP contribution >= 0.6 is 0 Å². The standard InChI is InChI=1S/C25H37FO/c1-27-19-23-12-16-25(17-13-23)24-14-10-22(11-15-24)9-8-21-6-4-20(5-7-21)3-2-18-26/h2,12-13,16-18,20-22,24H,3-11,14-15,19H2,1H3/b18-2+/t20-,21-,22-,24-. The highest BCUT2D eigenvalue weighted by Gasteiger charge is 2.25. The largest absolute Gasteiger partial charge is 0.380 e. The Hall–Kier alpha value is -1.15. The molecule has 0 heterocycles. The zero-order valence-electron chi connectivity index (χ0n) is 17.0. The summed E-state index contributed by atoms with van der Waals surface area (Å²) < 4.78 is 17.4. The lowest BCUT2D eigenvalue weighted by Crippen LogP contribution is -2.17. The van der Waals surface area contributed by atoms with E-state index >= 15 is 0 Å². The van der Waals surface area contributed by atoms with Gasteiger partial charge < -0.3 is 4.74 Å². The van der Waals surface area contributed by atoms with Crippen LogP contribution in [0.4, 0.5) is 4.39 Å². The summed E-state index contributed by atoms with van der Waals surface area (Å²) in [7, 11) is 1.75. The molecule has 2 fully saturated rings. The third-order valence-electron chi connectivity index (χ3n) is 7.12. The van der Waals surface area contributed by atoms with E-state index in [9.17, 15) is 4.39 Å². The molecule has 0 radical (unpaired) electrons. The maximum absolute atomic E-state index is 12.2. The zero-order chi connectivity index (χ0) is 18.9. The van der Waals surface area contributed by atoms with Crippen LogP contribution in [0.15, 0.2) is 36.7 Å². The van der Waals surface area contributed by atoms with Gasteiger partial charge in [-0.1, -0.05) is 56.0 Å². The van der Waals surface area contributed by atoms with Gasteiger partial charge in [-0.25, -0.2) is 4.39 Å². The van der Waals surface area contributed by atoms with Crippen molar-refractivity contribution in [1.82, 2.24) is 0 Å². The lowest BCUT2D eigenvalue weighted by Gasteiger charge is -2.32. The molecule has 0 amide bonds. The monoisotopic (exact) mass is 372 g/mol. The number of allylic oxidation sites excluding steroid dienone is 1. The molecule has 2 heteroatoms. The minimum atomic E-state index is 0.710. The van der Waals surface area contributed by atoms with Gasteiger partial charge in [-0.2, -0.15) is 0 Å². The van der Waals surface area contributed by atoms with Crippen molar-refractivity contribution in [3.8, 4) is 0 Å². The minimum Gasteiger partial charge on any atom is -0.380 e. The summed E-state index contributed by atoms with van der Waals surface area (Å²) in [5, 5.41) is 0. The zero-order valence-corrected chi connectivity index (χ0v) is 17.0. The second-order valence-corrected chi connectivity index (χ2v) is 8.95. The quantitative estimate of drug-likeness (QED) is 0.457. The van der Waals surface area contributed by atoms with Crippen LogP contribution in [0, 0.1) is 17.8 Å². The van der Waals surface area contributed by atoms with E-state index in [-0.39, 0.29) is 0 Å². The summed E-state index contributed by atoms with van der Waals surface area (Å²) in [4.78, 5) is 0. The first-order valence-electron chi connectivity index (χ1n) is 11.1. The number of hydrogen-bond donors (Lipinski definition) is 0. The number of halogens is 1. The molecule has 0 N–H and O–H groups in total. The average Bonchev–Trinajstić information content (AvgIpc) is 2.73. The highest BCUT2D eigenvalue weighted by Crippen LogP contribution is 2.40. The highest BCUT2D eigenvalue weighted by molar-refractivity contribution is 5.25. The fourth-order valence-electron chi connectivity index (χ4n) is 5.31. The first-order valence-corrected chi connectivity index (χ1v) is 11.1. The van der Waals surface area contributed by atoms with Gasteiger partial charge in [0.2, 0.25) is 0 Å². The third-order valence-corrected chi connectivity index (χ3v) is 7.12. The maximum Gasteiger partial charge on any atom is 0.0827 e. The van der Waals surface area contributed by atoms with Crippen LogP contribution in [0.2, 0.25) is 0 Å². The number of hydrogen-bond acceptors (Lipinski definition) is 1. The Balaban J connectivity index is 1.34. The normalized spacial score (nSPS) is 29.3.